The molecule has 0 aliphatic rings. The van der Waals surface area contributed by atoms with Gasteiger partial charge < -0.3 is 9.63 Å². The van der Waals surface area contributed by atoms with Crippen molar-refractivity contribution in [3.63, 3.8) is 0 Å². The van der Waals surface area contributed by atoms with E-state index < -0.39 is 6.10 Å². The fraction of sp³-hybridized carbons (Fsp3) is 0.333. The third-order valence-corrected chi connectivity index (χ3v) is 2.30. The molecule has 0 amide bonds. The van der Waals surface area contributed by atoms with Gasteiger partial charge in [0.2, 0.25) is 5.89 Å². The predicted molar refractivity (Wildman–Crippen MR) is 58.9 cm³/mol. The summed E-state index contributed by atoms with van der Waals surface area (Å²) in [6.45, 7) is 3.65. The lowest BCUT2D eigenvalue weighted by atomic mass is 10.1. The minimum absolute atomic E-state index is 0.336. The summed E-state index contributed by atoms with van der Waals surface area (Å²) >= 11 is 0. The third-order valence-electron chi connectivity index (χ3n) is 2.30. The van der Waals surface area contributed by atoms with E-state index in [1.54, 1.807) is 6.92 Å². The molecule has 0 radical (unpaired) electrons. The maximum absolute atomic E-state index is 9.26. The first-order valence-corrected chi connectivity index (χ1v) is 5.21. The van der Waals surface area contributed by atoms with E-state index in [-0.39, 0.29) is 0 Å². The van der Waals surface area contributed by atoms with E-state index >= 15 is 0 Å². The van der Waals surface area contributed by atoms with Crippen LogP contribution in [0.4, 0.5) is 0 Å². The second-order valence-electron chi connectivity index (χ2n) is 3.89. The monoisotopic (exact) mass is 218 g/mol. The van der Waals surface area contributed by atoms with Crippen LogP contribution in [0.1, 0.15) is 35.9 Å². The maximum Gasteiger partial charge on any atom is 0.231 e. The zero-order chi connectivity index (χ0) is 11.5. The van der Waals surface area contributed by atoms with E-state index in [1.165, 1.54) is 5.56 Å². The fourth-order valence-corrected chi connectivity index (χ4v) is 1.51. The molecular formula is C12H14N2O2. The van der Waals surface area contributed by atoms with Gasteiger partial charge in [-0.3, -0.25) is 0 Å². The lowest BCUT2D eigenvalue weighted by molar-refractivity contribution is 0.184. The van der Waals surface area contributed by atoms with Gasteiger partial charge in [0.25, 0.3) is 0 Å². The van der Waals surface area contributed by atoms with Gasteiger partial charge in [-0.2, -0.15) is 4.98 Å². The number of aliphatic hydroxyl groups excluding tert-OH is 1. The zero-order valence-corrected chi connectivity index (χ0v) is 9.34. The van der Waals surface area contributed by atoms with Gasteiger partial charge in [0.05, 0.1) is 6.42 Å². The minimum Gasteiger partial charge on any atom is -0.385 e. The van der Waals surface area contributed by atoms with Crippen molar-refractivity contribution < 1.29 is 9.63 Å². The molecule has 0 saturated carbocycles. The Morgan fingerprint density at radius 3 is 2.88 bits per heavy atom. The molecule has 1 aromatic heterocycles. The Balaban J connectivity index is 2.14. The molecule has 1 aromatic carbocycles. The Morgan fingerprint density at radius 1 is 1.44 bits per heavy atom. The van der Waals surface area contributed by atoms with Crippen LogP contribution in [0.2, 0.25) is 0 Å². The molecule has 1 N–H and O–H groups in total. The highest BCUT2D eigenvalue weighted by Gasteiger charge is 2.10. The minimum atomic E-state index is -0.685. The van der Waals surface area contributed by atoms with Crippen LogP contribution in [0.3, 0.4) is 0 Å². The smallest absolute Gasteiger partial charge is 0.231 e. The number of hydrogen-bond acceptors (Lipinski definition) is 4. The van der Waals surface area contributed by atoms with Crippen LogP contribution in [0.15, 0.2) is 28.8 Å². The van der Waals surface area contributed by atoms with Crippen molar-refractivity contribution in [2.24, 2.45) is 0 Å². The van der Waals surface area contributed by atoms with Crippen LogP contribution in [0.25, 0.3) is 0 Å². The molecule has 4 nitrogen and oxygen atoms in total. The second kappa shape index (κ2) is 4.45. The summed E-state index contributed by atoms with van der Waals surface area (Å²) in [4.78, 5) is 4.11. The summed E-state index contributed by atoms with van der Waals surface area (Å²) in [5, 5.41) is 13.0. The van der Waals surface area contributed by atoms with Crippen molar-refractivity contribution in [2.45, 2.75) is 26.4 Å². The molecule has 0 aliphatic heterocycles. The summed E-state index contributed by atoms with van der Waals surface area (Å²) in [5.41, 5.74) is 2.33. The number of aryl methyl sites for hydroxylation is 1. The topological polar surface area (TPSA) is 59.2 Å². The highest BCUT2D eigenvalue weighted by Crippen LogP contribution is 2.12. The third kappa shape index (κ3) is 2.46. The molecule has 1 atom stereocenters. The molecule has 16 heavy (non-hydrogen) atoms. The highest BCUT2D eigenvalue weighted by atomic mass is 16.5. The molecular weight excluding hydrogens is 204 g/mol. The lowest BCUT2D eigenvalue weighted by Gasteiger charge is -1.97. The molecule has 0 bridgehead atoms. The lowest BCUT2D eigenvalue weighted by Crippen LogP contribution is -1.94. The molecule has 0 aliphatic carbocycles. The van der Waals surface area contributed by atoms with Gasteiger partial charge in [-0.05, 0) is 19.4 Å². The Morgan fingerprint density at radius 2 is 2.25 bits per heavy atom. The van der Waals surface area contributed by atoms with Crippen molar-refractivity contribution in [3.05, 3.63) is 47.1 Å². The molecule has 1 unspecified atom stereocenters. The number of benzene rings is 1. The fourth-order valence-electron chi connectivity index (χ4n) is 1.51. The molecule has 0 fully saturated rings. The summed E-state index contributed by atoms with van der Waals surface area (Å²) in [6.07, 6.45) is -0.0866. The van der Waals surface area contributed by atoms with Gasteiger partial charge in [0.15, 0.2) is 5.82 Å². The number of nitrogens with zero attached hydrogens (tertiary/aromatic N) is 2. The van der Waals surface area contributed by atoms with Gasteiger partial charge in [-0.15, -0.1) is 0 Å². The highest BCUT2D eigenvalue weighted by molar-refractivity contribution is 5.24. The SMILES string of the molecule is Cc1cccc(Cc2nc(C(C)O)no2)c1. The van der Waals surface area contributed by atoms with Crippen LogP contribution in [0.5, 0.6) is 0 Å². The van der Waals surface area contributed by atoms with Gasteiger partial charge >= 0.3 is 0 Å². The van der Waals surface area contributed by atoms with Gasteiger partial charge in [-0.25, -0.2) is 0 Å². The summed E-state index contributed by atoms with van der Waals surface area (Å²) in [6, 6.07) is 8.13. The molecule has 0 saturated heterocycles. The molecule has 2 aromatic rings. The first kappa shape index (κ1) is 10.8. The standard InChI is InChI=1S/C12H14N2O2/c1-8-4-3-5-10(6-8)7-11-13-12(9(2)15)14-16-11/h3-6,9,15H,7H2,1-2H3. The van der Waals surface area contributed by atoms with Crippen LogP contribution in [-0.4, -0.2) is 15.2 Å². The average molecular weight is 218 g/mol. The molecule has 1 heterocycles. The molecule has 2 rings (SSSR count). The van der Waals surface area contributed by atoms with Crippen LogP contribution in [-0.2, 0) is 6.42 Å². The van der Waals surface area contributed by atoms with E-state index in [4.69, 9.17) is 4.52 Å². The number of rotatable bonds is 3. The largest absolute Gasteiger partial charge is 0.385 e. The van der Waals surface area contributed by atoms with E-state index in [0.29, 0.717) is 18.1 Å². The van der Waals surface area contributed by atoms with Gasteiger partial charge in [-0.1, -0.05) is 35.0 Å². The Hall–Kier alpha value is -1.68. The summed E-state index contributed by atoms with van der Waals surface area (Å²) < 4.78 is 5.05. The maximum atomic E-state index is 9.26. The van der Waals surface area contributed by atoms with E-state index in [2.05, 4.69) is 16.2 Å². The van der Waals surface area contributed by atoms with Gasteiger partial charge in [0, 0.05) is 0 Å². The van der Waals surface area contributed by atoms with E-state index in [9.17, 15) is 5.11 Å². The summed E-state index contributed by atoms with van der Waals surface area (Å²) in [7, 11) is 0. The first-order chi connectivity index (χ1) is 7.65. The molecule has 4 heteroatoms. The van der Waals surface area contributed by atoms with E-state index in [1.807, 2.05) is 25.1 Å². The number of hydrogen-bond donors (Lipinski definition) is 1. The van der Waals surface area contributed by atoms with Crippen molar-refractivity contribution in [1.82, 2.24) is 10.1 Å². The Labute approximate surface area is 93.9 Å². The van der Waals surface area contributed by atoms with Crippen LogP contribution >= 0.6 is 0 Å². The normalized spacial score (nSPS) is 12.7. The van der Waals surface area contributed by atoms with Crippen molar-refractivity contribution in [1.29, 1.82) is 0 Å². The van der Waals surface area contributed by atoms with E-state index in [0.717, 1.165) is 5.56 Å². The number of aromatic nitrogens is 2. The molecule has 84 valence electrons. The summed E-state index contributed by atoms with van der Waals surface area (Å²) in [5.74, 6) is 0.865. The quantitative estimate of drug-likeness (QED) is 0.856. The van der Waals surface area contributed by atoms with Crippen molar-refractivity contribution >= 4 is 0 Å². The van der Waals surface area contributed by atoms with Crippen LogP contribution < -0.4 is 0 Å². The molecule has 0 spiro atoms. The number of aliphatic hydroxyl groups is 1. The van der Waals surface area contributed by atoms with Gasteiger partial charge in [0.1, 0.15) is 6.10 Å². The predicted octanol–water partition coefficient (Wildman–Crippen LogP) is 2.02. The second-order valence-corrected chi connectivity index (χ2v) is 3.89. The van der Waals surface area contributed by atoms with Crippen molar-refractivity contribution in [3.8, 4) is 0 Å². The van der Waals surface area contributed by atoms with Crippen molar-refractivity contribution in [2.75, 3.05) is 0 Å². The first-order valence-electron chi connectivity index (χ1n) is 5.21. The zero-order valence-electron chi connectivity index (χ0n) is 9.34. The van der Waals surface area contributed by atoms with Crippen LogP contribution in [0, 0.1) is 6.92 Å². The average Bonchev–Trinajstić information content (AvgIpc) is 2.66. The Bertz CT molecular complexity index is 477. The Kier molecular flexibility index (Phi) is 3.01.